The Morgan fingerprint density at radius 2 is 1.74 bits per heavy atom. The maximum absolute atomic E-state index is 13.5. The molecule has 6 heteroatoms. The molecule has 0 aliphatic rings. The summed E-state index contributed by atoms with van der Waals surface area (Å²) in [5.41, 5.74) is 0.0712. The Morgan fingerprint density at radius 1 is 1.11 bits per heavy atom. The summed E-state index contributed by atoms with van der Waals surface area (Å²) in [6.07, 6.45) is -1.30. The van der Waals surface area contributed by atoms with Gasteiger partial charge in [0.1, 0.15) is 17.7 Å². The minimum Gasteiger partial charge on any atom is -0.384 e. The van der Waals surface area contributed by atoms with E-state index in [0.717, 1.165) is 12.1 Å². The molecule has 0 heterocycles. The van der Waals surface area contributed by atoms with Crippen LogP contribution in [0.4, 0.5) is 14.5 Å². The summed E-state index contributed by atoms with van der Waals surface area (Å²) in [5, 5.41) is 20.4. The molecule has 98 valence electrons. The number of benzene rings is 2. The van der Waals surface area contributed by atoms with Crippen molar-refractivity contribution in [3.63, 3.8) is 0 Å². The van der Waals surface area contributed by atoms with Crippen molar-refractivity contribution in [2.45, 2.75) is 6.10 Å². The number of nitro groups is 1. The molecule has 2 aromatic carbocycles. The average molecular weight is 265 g/mol. The maximum atomic E-state index is 13.5. The van der Waals surface area contributed by atoms with Gasteiger partial charge in [-0.1, -0.05) is 6.07 Å². The van der Waals surface area contributed by atoms with Crippen LogP contribution in [-0.2, 0) is 0 Å². The summed E-state index contributed by atoms with van der Waals surface area (Å²) in [6, 6.07) is 7.91. The number of non-ortho nitro benzene ring substituents is 1. The third-order valence-corrected chi connectivity index (χ3v) is 2.68. The highest BCUT2D eigenvalue weighted by atomic mass is 19.1. The summed E-state index contributed by atoms with van der Waals surface area (Å²) in [6.45, 7) is 0. The van der Waals surface area contributed by atoms with Crippen molar-refractivity contribution in [1.29, 1.82) is 0 Å². The van der Waals surface area contributed by atoms with Gasteiger partial charge in [-0.05, 0) is 23.8 Å². The average Bonchev–Trinajstić information content (AvgIpc) is 2.38. The number of aliphatic hydroxyl groups excluding tert-OH is 1. The number of rotatable bonds is 3. The molecule has 1 unspecified atom stereocenters. The molecule has 0 aliphatic carbocycles. The number of hydrogen-bond acceptors (Lipinski definition) is 3. The molecule has 19 heavy (non-hydrogen) atoms. The first-order valence-corrected chi connectivity index (χ1v) is 5.36. The molecule has 0 bridgehead atoms. The quantitative estimate of drug-likeness (QED) is 0.685. The van der Waals surface area contributed by atoms with Crippen molar-refractivity contribution in [3.05, 3.63) is 75.3 Å². The van der Waals surface area contributed by atoms with Crippen LogP contribution < -0.4 is 0 Å². The SMILES string of the molecule is O=[N+]([O-])c1ccc(C(O)c2ccc(F)cc2F)cc1. The van der Waals surface area contributed by atoms with Gasteiger partial charge < -0.3 is 5.11 Å². The zero-order valence-electron chi connectivity index (χ0n) is 9.59. The van der Waals surface area contributed by atoms with E-state index in [1.165, 1.54) is 24.3 Å². The molecular weight excluding hydrogens is 256 g/mol. The van der Waals surface area contributed by atoms with E-state index < -0.39 is 22.7 Å². The van der Waals surface area contributed by atoms with Crippen molar-refractivity contribution < 1.29 is 18.8 Å². The first-order chi connectivity index (χ1) is 8.99. The van der Waals surface area contributed by atoms with Crippen molar-refractivity contribution in [2.24, 2.45) is 0 Å². The van der Waals surface area contributed by atoms with E-state index in [1.54, 1.807) is 0 Å². The Bertz CT molecular complexity index is 614. The predicted molar refractivity (Wildman–Crippen MR) is 63.5 cm³/mol. The van der Waals surface area contributed by atoms with Crippen LogP contribution in [0.5, 0.6) is 0 Å². The topological polar surface area (TPSA) is 63.4 Å². The molecule has 0 fully saturated rings. The molecule has 0 amide bonds. The minimum absolute atomic E-state index is 0.0877. The van der Waals surface area contributed by atoms with Crippen LogP contribution in [0.3, 0.4) is 0 Å². The molecule has 0 radical (unpaired) electrons. The van der Waals surface area contributed by atoms with Crippen LogP contribution in [-0.4, -0.2) is 10.0 Å². The van der Waals surface area contributed by atoms with Gasteiger partial charge in [0.05, 0.1) is 4.92 Å². The lowest BCUT2D eigenvalue weighted by Gasteiger charge is -2.12. The Morgan fingerprint density at radius 3 is 2.26 bits per heavy atom. The molecule has 0 aromatic heterocycles. The third-order valence-electron chi connectivity index (χ3n) is 2.68. The molecule has 1 N–H and O–H groups in total. The number of nitro benzene ring substituents is 1. The van der Waals surface area contributed by atoms with Gasteiger partial charge in [-0.15, -0.1) is 0 Å². The van der Waals surface area contributed by atoms with E-state index in [0.29, 0.717) is 6.07 Å². The smallest absolute Gasteiger partial charge is 0.269 e. The lowest BCUT2D eigenvalue weighted by Crippen LogP contribution is -2.03. The highest BCUT2D eigenvalue weighted by molar-refractivity contribution is 5.37. The van der Waals surface area contributed by atoms with Crippen molar-refractivity contribution in [3.8, 4) is 0 Å². The molecule has 2 aromatic rings. The van der Waals surface area contributed by atoms with E-state index in [-0.39, 0.29) is 16.8 Å². The normalized spacial score (nSPS) is 12.2. The summed E-state index contributed by atoms with van der Waals surface area (Å²) in [4.78, 5) is 9.91. The number of halogens is 2. The first kappa shape index (κ1) is 13.1. The fourth-order valence-corrected chi connectivity index (χ4v) is 1.68. The van der Waals surface area contributed by atoms with Gasteiger partial charge in [0.25, 0.3) is 5.69 Å². The summed E-state index contributed by atoms with van der Waals surface area (Å²) >= 11 is 0. The predicted octanol–water partition coefficient (Wildman–Crippen LogP) is 2.95. The van der Waals surface area contributed by atoms with Gasteiger partial charge in [-0.25, -0.2) is 8.78 Å². The summed E-state index contributed by atoms with van der Waals surface area (Å²) in [5.74, 6) is -1.61. The van der Waals surface area contributed by atoms with Crippen molar-refractivity contribution in [1.82, 2.24) is 0 Å². The third kappa shape index (κ3) is 2.74. The van der Waals surface area contributed by atoms with Crippen molar-refractivity contribution in [2.75, 3.05) is 0 Å². The largest absolute Gasteiger partial charge is 0.384 e. The van der Waals surface area contributed by atoms with E-state index in [4.69, 9.17) is 0 Å². The standard InChI is InChI=1S/C13H9F2NO3/c14-9-3-6-11(12(15)7-9)13(17)8-1-4-10(5-2-8)16(18)19/h1-7,13,17H. The lowest BCUT2D eigenvalue weighted by molar-refractivity contribution is -0.384. The van der Waals surface area contributed by atoms with Gasteiger partial charge in [-0.3, -0.25) is 10.1 Å². The molecule has 0 spiro atoms. The van der Waals surface area contributed by atoms with Crippen LogP contribution in [0.2, 0.25) is 0 Å². The van der Waals surface area contributed by atoms with E-state index in [9.17, 15) is 24.0 Å². The number of nitrogens with zero attached hydrogens (tertiary/aromatic N) is 1. The van der Waals surface area contributed by atoms with Crippen LogP contribution >= 0.6 is 0 Å². The van der Waals surface area contributed by atoms with Gasteiger partial charge in [-0.2, -0.15) is 0 Å². The fourth-order valence-electron chi connectivity index (χ4n) is 1.68. The molecule has 4 nitrogen and oxygen atoms in total. The molecule has 0 aliphatic heterocycles. The van der Waals surface area contributed by atoms with Crippen LogP contribution in [0.25, 0.3) is 0 Å². The van der Waals surface area contributed by atoms with Crippen LogP contribution in [0.15, 0.2) is 42.5 Å². The highest BCUT2D eigenvalue weighted by Gasteiger charge is 2.16. The van der Waals surface area contributed by atoms with Gasteiger partial charge in [0.15, 0.2) is 0 Å². The van der Waals surface area contributed by atoms with Gasteiger partial charge in [0.2, 0.25) is 0 Å². The second kappa shape index (κ2) is 5.11. The second-order valence-electron chi connectivity index (χ2n) is 3.92. The van der Waals surface area contributed by atoms with Crippen molar-refractivity contribution >= 4 is 5.69 Å². The van der Waals surface area contributed by atoms with E-state index in [1.807, 2.05) is 0 Å². The first-order valence-electron chi connectivity index (χ1n) is 5.36. The monoisotopic (exact) mass is 265 g/mol. The summed E-state index contributed by atoms with van der Waals surface area (Å²) in [7, 11) is 0. The summed E-state index contributed by atoms with van der Waals surface area (Å²) < 4.78 is 26.2. The van der Waals surface area contributed by atoms with Gasteiger partial charge >= 0.3 is 0 Å². The minimum atomic E-state index is -1.30. The number of aliphatic hydroxyl groups is 1. The molecular formula is C13H9F2NO3. The fraction of sp³-hybridized carbons (Fsp3) is 0.0769. The second-order valence-corrected chi connectivity index (χ2v) is 3.92. The zero-order valence-corrected chi connectivity index (χ0v) is 9.59. The Kier molecular flexibility index (Phi) is 3.52. The van der Waals surface area contributed by atoms with Crippen LogP contribution in [0, 0.1) is 21.7 Å². The Balaban J connectivity index is 2.33. The van der Waals surface area contributed by atoms with E-state index in [2.05, 4.69) is 0 Å². The molecule has 0 saturated carbocycles. The maximum Gasteiger partial charge on any atom is 0.269 e. The van der Waals surface area contributed by atoms with Gasteiger partial charge in [0, 0.05) is 23.8 Å². The zero-order chi connectivity index (χ0) is 14.0. The number of hydrogen-bond donors (Lipinski definition) is 1. The van der Waals surface area contributed by atoms with E-state index >= 15 is 0 Å². The molecule has 0 saturated heterocycles. The Hall–Kier alpha value is -2.34. The van der Waals surface area contributed by atoms with Crippen LogP contribution in [0.1, 0.15) is 17.2 Å². The lowest BCUT2D eigenvalue weighted by atomic mass is 10.0. The highest BCUT2D eigenvalue weighted by Crippen LogP contribution is 2.26. The molecule has 2 rings (SSSR count). The Labute approximate surface area is 107 Å². The molecule has 1 atom stereocenters.